The molecule has 0 spiro atoms. The van der Waals surface area contributed by atoms with Crippen LogP contribution >= 0.6 is 34.2 Å². The summed E-state index contributed by atoms with van der Waals surface area (Å²) in [6.45, 7) is 0. The van der Waals surface area contributed by atoms with Crippen LogP contribution in [0.5, 0.6) is 0 Å². The van der Waals surface area contributed by atoms with Crippen molar-refractivity contribution >= 4 is 34.2 Å². The lowest BCUT2D eigenvalue weighted by molar-refractivity contribution is 1.58. The van der Waals surface area contributed by atoms with Crippen molar-refractivity contribution < 1.29 is 0 Å². The van der Waals surface area contributed by atoms with Crippen molar-refractivity contribution in [1.82, 2.24) is 0 Å². The van der Waals surface area contributed by atoms with Gasteiger partial charge < -0.3 is 0 Å². The number of rotatable bonds is 1. The molecular weight excluding hydrogens is 306 g/mol. The van der Waals surface area contributed by atoms with Crippen LogP contribution in [0.1, 0.15) is 0 Å². The Labute approximate surface area is 102 Å². The molecule has 2 heteroatoms. The first kappa shape index (κ1) is 9.99. The molecule has 0 saturated carbocycles. The van der Waals surface area contributed by atoms with E-state index in [2.05, 4.69) is 34.7 Å². The standard InChI is InChI=1S/C12H7ClI/c13-11-5-1-9(2-6-11)10-3-7-12(14)8-4-10/h1-7H. The Morgan fingerprint density at radius 1 is 0.929 bits per heavy atom. The summed E-state index contributed by atoms with van der Waals surface area (Å²) in [5.41, 5.74) is 2.34. The molecular formula is C12H7ClI. The van der Waals surface area contributed by atoms with E-state index < -0.39 is 0 Å². The molecule has 0 unspecified atom stereocenters. The topological polar surface area (TPSA) is 0 Å². The van der Waals surface area contributed by atoms with Crippen molar-refractivity contribution in [1.29, 1.82) is 0 Å². The Morgan fingerprint density at radius 3 is 2.14 bits per heavy atom. The van der Waals surface area contributed by atoms with Crippen LogP contribution in [-0.4, -0.2) is 0 Å². The van der Waals surface area contributed by atoms with Crippen molar-refractivity contribution in [2.45, 2.75) is 0 Å². The van der Waals surface area contributed by atoms with Crippen LogP contribution in [-0.2, 0) is 0 Å². The van der Waals surface area contributed by atoms with E-state index in [4.69, 9.17) is 11.6 Å². The van der Waals surface area contributed by atoms with Gasteiger partial charge in [0.1, 0.15) is 0 Å². The van der Waals surface area contributed by atoms with Gasteiger partial charge in [-0.2, -0.15) is 0 Å². The SMILES string of the molecule is Clc1ccc(-c2c[c]c(I)cc2)cc1. The molecule has 0 fully saturated rings. The Balaban J connectivity index is 2.40. The highest BCUT2D eigenvalue weighted by Crippen LogP contribution is 2.21. The Hall–Kier alpha value is -0.540. The van der Waals surface area contributed by atoms with Gasteiger partial charge in [0, 0.05) is 8.59 Å². The third-order valence-corrected chi connectivity index (χ3v) is 2.88. The normalized spacial score (nSPS) is 10.1. The minimum absolute atomic E-state index is 0.767. The summed E-state index contributed by atoms with van der Waals surface area (Å²) in [5.74, 6) is 0. The third kappa shape index (κ3) is 2.28. The largest absolute Gasteiger partial charge is 0.0843 e. The minimum atomic E-state index is 0.767. The number of hydrogen-bond donors (Lipinski definition) is 0. The van der Waals surface area contributed by atoms with Crippen LogP contribution in [0.25, 0.3) is 11.1 Å². The summed E-state index contributed by atoms with van der Waals surface area (Å²) in [6, 6.07) is 17.1. The summed E-state index contributed by atoms with van der Waals surface area (Å²) < 4.78 is 1.13. The second-order valence-corrected chi connectivity index (χ2v) is 4.53. The number of hydrogen-bond acceptors (Lipinski definition) is 0. The second-order valence-electron chi connectivity index (χ2n) is 2.93. The summed E-state index contributed by atoms with van der Waals surface area (Å²) in [4.78, 5) is 0. The monoisotopic (exact) mass is 313 g/mol. The zero-order valence-electron chi connectivity index (χ0n) is 7.30. The first-order valence-electron chi connectivity index (χ1n) is 4.19. The maximum absolute atomic E-state index is 5.82. The molecule has 1 radical (unpaired) electrons. The average molecular weight is 314 g/mol. The summed E-state index contributed by atoms with van der Waals surface area (Å²) in [5, 5.41) is 0.767. The van der Waals surface area contributed by atoms with E-state index in [0.29, 0.717) is 0 Å². The van der Waals surface area contributed by atoms with Crippen LogP contribution in [0.15, 0.2) is 42.5 Å². The molecule has 0 nitrogen and oxygen atoms in total. The number of halogens is 2. The summed E-state index contributed by atoms with van der Waals surface area (Å²) >= 11 is 8.06. The van der Waals surface area contributed by atoms with Gasteiger partial charge >= 0.3 is 0 Å². The van der Waals surface area contributed by atoms with E-state index in [1.165, 1.54) is 11.1 Å². The maximum Gasteiger partial charge on any atom is 0.0406 e. The lowest BCUT2D eigenvalue weighted by Gasteiger charge is -2.01. The van der Waals surface area contributed by atoms with Gasteiger partial charge in [-0.3, -0.25) is 0 Å². The molecule has 0 aliphatic heterocycles. The minimum Gasteiger partial charge on any atom is -0.0843 e. The number of benzene rings is 2. The van der Waals surface area contributed by atoms with E-state index in [0.717, 1.165) is 8.59 Å². The van der Waals surface area contributed by atoms with Gasteiger partial charge in [0.25, 0.3) is 0 Å². The Bertz CT molecular complexity index is 374. The average Bonchev–Trinajstić information content (AvgIpc) is 2.21. The molecule has 0 aliphatic carbocycles. The van der Waals surface area contributed by atoms with Crippen LogP contribution in [0, 0.1) is 9.64 Å². The van der Waals surface area contributed by atoms with Crippen molar-refractivity contribution in [3.05, 3.63) is 57.1 Å². The lowest BCUT2D eigenvalue weighted by atomic mass is 10.1. The highest BCUT2D eigenvalue weighted by Gasteiger charge is 1.96. The predicted molar refractivity (Wildman–Crippen MR) is 68.4 cm³/mol. The highest BCUT2D eigenvalue weighted by molar-refractivity contribution is 14.1. The molecule has 14 heavy (non-hydrogen) atoms. The van der Waals surface area contributed by atoms with E-state index in [1.807, 2.05) is 36.4 Å². The summed E-state index contributed by atoms with van der Waals surface area (Å²) in [7, 11) is 0. The first-order chi connectivity index (χ1) is 6.75. The smallest absolute Gasteiger partial charge is 0.0406 e. The lowest BCUT2D eigenvalue weighted by Crippen LogP contribution is -1.77. The highest BCUT2D eigenvalue weighted by atomic mass is 127. The van der Waals surface area contributed by atoms with E-state index in [-0.39, 0.29) is 0 Å². The van der Waals surface area contributed by atoms with Gasteiger partial charge in [-0.05, 0) is 64.0 Å². The van der Waals surface area contributed by atoms with Gasteiger partial charge in [-0.15, -0.1) is 0 Å². The van der Waals surface area contributed by atoms with Crippen LogP contribution < -0.4 is 0 Å². The van der Waals surface area contributed by atoms with Crippen molar-refractivity contribution in [2.24, 2.45) is 0 Å². The van der Waals surface area contributed by atoms with Gasteiger partial charge in [0.05, 0.1) is 0 Å². The molecule has 0 aromatic heterocycles. The van der Waals surface area contributed by atoms with Crippen molar-refractivity contribution in [3.63, 3.8) is 0 Å². The zero-order valence-corrected chi connectivity index (χ0v) is 10.2. The molecule has 69 valence electrons. The van der Waals surface area contributed by atoms with Crippen molar-refractivity contribution in [2.75, 3.05) is 0 Å². The molecule has 2 aromatic carbocycles. The molecule has 2 aromatic rings. The molecule has 0 saturated heterocycles. The molecule has 0 heterocycles. The second kappa shape index (κ2) is 4.32. The fraction of sp³-hybridized carbons (Fsp3) is 0. The van der Waals surface area contributed by atoms with E-state index >= 15 is 0 Å². The predicted octanol–water partition coefficient (Wildman–Crippen LogP) is 4.41. The van der Waals surface area contributed by atoms with Gasteiger partial charge in [-0.1, -0.05) is 29.8 Å². The zero-order chi connectivity index (χ0) is 9.97. The quantitative estimate of drug-likeness (QED) is 0.684. The molecule has 2 rings (SSSR count). The fourth-order valence-corrected chi connectivity index (χ4v) is 1.69. The molecule has 0 N–H and O–H groups in total. The van der Waals surface area contributed by atoms with E-state index in [1.54, 1.807) is 0 Å². The molecule has 0 bridgehead atoms. The van der Waals surface area contributed by atoms with Gasteiger partial charge in [0.2, 0.25) is 0 Å². The van der Waals surface area contributed by atoms with Gasteiger partial charge in [-0.25, -0.2) is 0 Å². The van der Waals surface area contributed by atoms with Crippen LogP contribution in [0.4, 0.5) is 0 Å². The summed E-state index contributed by atoms with van der Waals surface area (Å²) in [6.07, 6.45) is 0. The molecule has 0 atom stereocenters. The van der Waals surface area contributed by atoms with Crippen molar-refractivity contribution in [3.8, 4) is 11.1 Å². The third-order valence-electron chi connectivity index (χ3n) is 1.95. The van der Waals surface area contributed by atoms with Crippen LogP contribution in [0.3, 0.4) is 0 Å². The Kier molecular flexibility index (Phi) is 3.08. The Morgan fingerprint density at radius 2 is 1.57 bits per heavy atom. The molecule has 0 aliphatic rings. The van der Waals surface area contributed by atoms with Crippen LogP contribution in [0.2, 0.25) is 5.02 Å². The maximum atomic E-state index is 5.82. The fourth-order valence-electron chi connectivity index (χ4n) is 1.23. The van der Waals surface area contributed by atoms with E-state index in [9.17, 15) is 0 Å². The molecule has 0 amide bonds. The first-order valence-corrected chi connectivity index (χ1v) is 5.64. The van der Waals surface area contributed by atoms with Gasteiger partial charge in [0.15, 0.2) is 0 Å².